The number of hydrogen-bond donors (Lipinski definition) is 1. The Morgan fingerprint density at radius 3 is 2.41 bits per heavy atom. The Morgan fingerprint density at radius 1 is 1.03 bits per heavy atom. The van der Waals surface area contributed by atoms with Crippen LogP contribution < -0.4 is 4.90 Å². The van der Waals surface area contributed by atoms with Crippen LogP contribution in [-0.4, -0.2) is 55.0 Å². The second kappa shape index (κ2) is 7.32. The van der Waals surface area contributed by atoms with Gasteiger partial charge in [0.2, 0.25) is 10.0 Å². The van der Waals surface area contributed by atoms with E-state index >= 15 is 0 Å². The molecule has 2 aromatic carbocycles. The Morgan fingerprint density at radius 2 is 1.76 bits per heavy atom. The van der Waals surface area contributed by atoms with Crippen molar-refractivity contribution < 1.29 is 27.1 Å². The molecule has 1 saturated heterocycles. The largest absolute Gasteiger partial charge is 0.478 e. The van der Waals surface area contributed by atoms with Crippen molar-refractivity contribution in [3.63, 3.8) is 0 Å². The molecule has 152 valence electrons. The highest BCUT2D eigenvalue weighted by atomic mass is 32.2. The van der Waals surface area contributed by atoms with Gasteiger partial charge in [0.05, 0.1) is 20.7 Å². The Hall–Kier alpha value is -2.63. The maximum atomic E-state index is 13.4. The lowest BCUT2D eigenvalue weighted by atomic mass is 10.2. The molecule has 29 heavy (non-hydrogen) atoms. The molecule has 0 spiro atoms. The number of thiazole rings is 1. The van der Waals surface area contributed by atoms with Crippen molar-refractivity contribution in [3.05, 3.63) is 53.6 Å². The number of rotatable bonds is 4. The number of piperazine rings is 1. The fourth-order valence-electron chi connectivity index (χ4n) is 3.09. The number of hydrogen-bond acceptors (Lipinski definition) is 6. The van der Waals surface area contributed by atoms with Crippen LogP contribution in [0.2, 0.25) is 0 Å². The van der Waals surface area contributed by atoms with E-state index in [0.717, 1.165) is 16.8 Å². The maximum absolute atomic E-state index is 13.4. The smallest absolute Gasteiger partial charge is 0.335 e. The van der Waals surface area contributed by atoms with E-state index in [1.165, 1.54) is 21.7 Å². The summed E-state index contributed by atoms with van der Waals surface area (Å²) < 4.78 is 53.9. The van der Waals surface area contributed by atoms with Gasteiger partial charge in [-0.15, -0.1) is 0 Å². The van der Waals surface area contributed by atoms with Crippen LogP contribution in [0, 0.1) is 11.6 Å². The van der Waals surface area contributed by atoms with E-state index in [-0.39, 0.29) is 23.5 Å². The monoisotopic (exact) mass is 439 g/mol. The zero-order chi connectivity index (χ0) is 20.8. The SMILES string of the molecule is O=C(O)c1ccc2nc(N3CCN(S(=O)(=O)c4ccc(F)c(F)c4)CC3)sc2c1. The zero-order valence-corrected chi connectivity index (χ0v) is 16.5. The van der Waals surface area contributed by atoms with Gasteiger partial charge in [0.15, 0.2) is 16.8 Å². The molecule has 2 heterocycles. The van der Waals surface area contributed by atoms with Gasteiger partial charge >= 0.3 is 5.97 Å². The third kappa shape index (κ3) is 3.68. The molecule has 1 aliphatic heterocycles. The summed E-state index contributed by atoms with van der Waals surface area (Å²) in [6.45, 7) is 1.07. The minimum atomic E-state index is -3.93. The van der Waals surface area contributed by atoms with E-state index in [1.54, 1.807) is 12.1 Å². The third-order valence-corrected chi connectivity index (χ3v) is 7.64. The Balaban J connectivity index is 1.51. The number of carbonyl (C=O) groups is 1. The molecule has 0 amide bonds. The van der Waals surface area contributed by atoms with Crippen LogP contribution in [0.15, 0.2) is 41.3 Å². The van der Waals surface area contributed by atoms with Crippen molar-refractivity contribution in [2.75, 3.05) is 31.1 Å². The quantitative estimate of drug-likeness (QED) is 0.672. The highest BCUT2D eigenvalue weighted by molar-refractivity contribution is 7.89. The highest BCUT2D eigenvalue weighted by Gasteiger charge is 2.30. The number of benzene rings is 2. The molecule has 1 aliphatic rings. The van der Waals surface area contributed by atoms with Crippen molar-refractivity contribution in [1.82, 2.24) is 9.29 Å². The summed E-state index contributed by atoms with van der Waals surface area (Å²) in [5.41, 5.74) is 0.849. The molecule has 0 radical (unpaired) electrons. The first-order valence-electron chi connectivity index (χ1n) is 8.60. The van der Waals surface area contributed by atoms with E-state index < -0.39 is 27.6 Å². The van der Waals surface area contributed by atoms with Gasteiger partial charge in [-0.05, 0) is 36.4 Å². The van der Waals surface area contributed by atoms with Gasteiger partial charge in [-0.2, -0.15) is 4.31 Å². The Kier molecular flexibility index (Phi) is 4.97. The van der Waals surface area contributed by atoms with Crippen molar-refractivity contribution >= 4 is 42.7 Å². The van der Waals surface area contributed by atoms with Gasteiger partial charge in [-0.1, -0.05) is 11.3 Å². The standard InChI is InChI=1S/C18H15F2N3O4S2/c19-13-3-2-12(10-14(13)20)29(26,27)23-7-5-22(6-8-23)18-21-15-4-1-11(17(24)25)9-16(15)28-18/h1-4,9-10H,5-8H2,(H,24,25). The predicted octanol–water partition coefficient (Wildman–Crippen LogP) is 2.78. The molecule has 1 aromatic heterocycles. The second-order valence-electron chi connectivity index (χ2n) is 6.45. The fourth-order valence-corrected chi connectivity index (χ4v) is 5.58. The minimum absolute atomic E-state index is 0.164. The van der Waals surface area contributed by atoms with Gasteiger partial charge in [-0.3, -0.25) is 0 Å². The summed E-state index contributed by atoms with van der Waals surface area (Å²) in [7, 11) is -3.93. The second-order valence-corrected chi connectivity index (χ2v) is 9.40. The lowest BCUT2D eigenvalue weighted by molar-refractivity contribution is 0.0697. The molecule has 7 nitrogen and oxygen atoms in total. The van der Waals surface area contributed by atoms with Gasteiger partial charge < -0.3 is 10.0 Å². The first-order chi connectivity index (χ1) is 13.8. The summed E-state index contributed by atoms with van der Waals surface area (Å²) in [5, 5.41) is 9.77. The van der Waals surface area contributed by atoms with Crippen molar-refractivity contribution in [3.8, 4) is 0 Å². The van der Waals surface area contributed by atoms with Crippen LogP contribution in [0.4, 0.5) is 13.9 Å². The van der Waals surface area contributed by atoms with Crippen molar-refractivity contribution in [1.29, 1.82) is 0 Å². The average Bonchev–Trinajstić information content (AvgIpc) is 3.13. The number of nitrogens with zero attached hydrogens (tertiary/aromatic N) is 3. The molecule has 0 bridgehead atoms. The lowest BCUT2D eigenvalue weighted by Gasteiger charge is -2.33. The molecule has 0 saturated carbocycles. The zero-order valence-electron chi connectivity index (χ0n) is 14.9. The van der Waals surface area contributed by atoms with Crippen LogP contribution >= 0.6 is 11.3 Å². The summed E-state index contributed by atoms with van der Waals surface area (Å²) in [6.07, 6.45) is 0. The normalized spacial score (nSPS) is 15.7. The minimum Gasteiger partial charge on any atom is -0.478 e. The topological polar surface area (TPSA) is 90.8 Å². The molecule has 1 fully saturated rings. The molecule has 1 N–H and O–H groups in total. The number of fused-ring (bicyclic) bond motifs is 1. The maximum Gasteiger partial charge on any atom is 0.335 e. The van der Waals surface area contributed by atoms with Crippen LogP contribution in [0.5, 0.6) is 0 Å². The predicted molar refractivity (Wildman–Crippen MR) is 104 cm³/mol. The van der Waals surface area contributed by atoms with Gasteiger partial charge in [0, 0.05) is 26.2 Å². The summed E-state index contributed by atoms with van der Waals surface area (Å²) in [6, 6.07) is 7.22. The fraction of sp³-hybridized carbons (Fsp3) is 0.222. The average molecular weight is 439 g/mol. The first kappa shape index (κ1) is 19.7. The van der Waals surface area contributed by atoms with Gasteiger partial charge in [0.25, 0.3) is 0 Å². The molecular weight excluding hydrogens is 424 g/mol. The molecule has 11 heteroatoms. The number of sulfonamides is 1. The molecule has 0 atom stereocenters. The number of aromatic carboxylic acids is 1. The van der Waals surface area contributed by atoms with Crippen LogP contribution in [0.25, 0.3) is 10.2 Å². The lowest BCUT2D eigenvalue weighted by Crippen LogP contribution is -2.48. The third-order valence-electron chi connectivity index (χ3n) is 4.66. The van der Waals surface area contributed by atoms with Crippen LogP contribution in [-0.2, 0) is 10.0 Å². The first-order valence-corrected chi connectivity index (χ1v) is 10.9. The van der Waals surface area contributed by atoms with Crippen molar-refractivity contribution in [2.45, 2.75) is 4.90 Å². The Bertz CT molecular complexity index is 1210. The van der Waals surface area contributed by atoms with Crippen LogP contribution in [0.1, 0.15) is 10.4 Å². The summed E-state index contributed by atoms with van der Waals surface area (Å²) in [4.78, 5) is 17.2. The molecule has 3 aromatic rings. The Labute approximate surface area is 168 Å². The molecular formula is C18H15F2N3O4S2. The number of halogens is 2. The number of anilines is 1. The number of carboxylic acid groups (broad SMARTS) is 1. The van der Waals surface area contributed by atoms with Gasteiger partial charge in [0.1, 0.15) is 0 Å². The molecule has 0 unspecified atom stereocenters. The van der Waals surface area contributed by atoms with E-state index in [1.807, 2.05) is 4.90 Å². The number of aromatic nitrogens is 1. The van der Waals surface area contributed by atoms with E-state index in [2.05, 4.69) is 4.98 Å². The summed E-state index contributed by atoms with van der Waals surface area (Å²) >= 11 is 1.34. The van der Waals surface area contributed by atoms with E-state index in [9.17, 15) is 22.0 Å². The van der Waals surface area contributed by atoms with Gasteiger partial charge in [-0.25, -0.2) is 27.0 Å². The van der Waals surface area contributed by atoms with E-state index in [4.69, 9.17) is 5.11 Å². The highest BCUT2D eigenvalue weighted by Crippen LogP contribution is 2.31. The van der Waals surface area contributed by atoms with E-state index in [0.29, 0.717) is 29.8 Å². The summed E-state index contributed by atoms with van der Waals surface area (Å²) in [5.74, 6) is -3.33. The van der Waals surface area contributed by atoms with Crippen LogP contribution in [0.3, 0.4) is 0 Å². The molecule has 4 rings (SSSR count). The van der Waals surface area contributed by atoms with Crippen molar-refractivity contribution in [2.24, 2.45) is 0 Å². The molecule has 0 aliphatic carbocycles. The number of carboxylic acids is 1.